The number of nitrogens with one attached hydrogen (secondary N) is 1. The standard InChI is InChI=1S/C26H28F4N2O7S/c1-14-10-18(7-8-20(14)27)40(36,37)32-13-17(12-19(23(33)34)15-4-5-15)38-22-9-6-16(11-21(22)32)31-24(35)39-25(2,3)26(28,29)30/h6-11,15,17,19H,4-5,12-13H2,1-3H3,(H,31,35)(H,33,34)/t17-,19-/m0/s1. The van der Waals surface area contributed by atoms with Gasteiger partial charge in [-0.05, 0) is 87.9 Å². The predicted molar refractivity (Wildman–Crippen MR) is 135 cm³/mol. The maximum absolute atomic E-state index is 13.9. The molecule has 2 aromatic rings. The van der Waals surface area contributed by atoms with Crippen LogP contribution in [0.25, 0.3) is 0 Å². The number of nitrogens with zero attached hydrogens (tertiary/aromatic N) is 1. The summed E-state index contributed by atoms with van der Waals surface area (Å²) in [6, 6.07) is 7.03. The zero-order valence-electron chi connectivity index (χ0n) is 21.8. The molecule has 9 nitrogen and oxygen atoms in total. The summed E-state index contributed by atoms with van der Waals surface area (Å²) in [6.07, 6.45) is -5.58. The van der Waals surface area contributed by atoms with Crippen LogP contribution >= 0.6 is 0 Å². The Kier molecular flexibility index (Phi) is 7.69. The average Bonchev–Trinajstić information content (AvgIpc) is 3.67. The van der Waals surface area contributed by atoms with E-state index in [1.54, 1.807) is 0 Å². The molecule has 1 amide bonds. The number of hydrogen-bond acceptors (Lipinski definition) is 6. The van der Waals surface area contributed by atoms with Crippen molar-refractivity contribution in [3.8, 4) is 5.75 Å². The Bertz CT molecular complexity index is 1420. The maximum Gasteiger partial charge on any atom is 0.427 e. The molecule has 14 heteroatoms. The van der Waals surface area contributed by atoms with Gasteiger partial charge >= 0.3 is 18.2 Å². The van der Waals surface area contributed by atoms with Crippen molar-refractivity contribution in [1.29, 1.82) is 0 Å². The Labute approximate surface area is 228 Å². The lowest BCUT2D eigenvalue weighted by atomic mass is 9.95. The van der Waals surface area contributed by atoms with Gasteiger partial charge in [-0.3, -0.25) is 14.4 Å². The first-order valence-corrected chi connectivity index (χ1v) is 13.8. The van der Waals surface area contributed by atoms with E-state index >= 15 is 0 Å². The van der Waals surface area contributed by atoms with Crippen molar-refractivity contribution in [2.45, 2.75) is 62.8 Å². The molecule has 2 aliphatic rings. The number of carbonyl (C=O) groups is 2. The summed E-state index contributed by atoms with van der Waals surface area (Å²) in [5.74, 6) is -2.35. The van der Waals surface area contributed by atoms with Gasteiger partial charge in [-0.2, -0.15) is 13.2 Å². The number of halogens is 4. The number of carbonyl (C=O) groups excluding carboxylic acids is 1. The third-order valence-electron chi connectivity index (χ3n) is 6.91. The van der Waals surface area contributed by atoms with Crippen LogP contribution in [0.15, 0.2) is 41.3 Å². The highest BCUT2D eigenvalue weighted by molar-refractivity contribution is 7.92. The molecule has 2 aromatic carbocycles. The minimum absolute atomic E-state index is 0.0345. The molecule has 2 N–H and O–H groups in total. The summed E-state index contributed by atoms with van der Waals surface area (Å²) >= 11 is 0. The summed E-state index contributed by atoms with van der Waals surface area (Å²) in [5.41, 5.74) is -2.85. The van der Waals surface area contributed by atoms with Crippen molar-refractivity contribution in [2.75, 3.05) is 16.2 Å². The number of alkyl halides is 3. The summed E-state index contributed by atoms with van der Waals surface area (Å²) in [5, 5.41) is 11.8. The van der Waals surface area contributed by atoms with Crippen LogP contribution in [0.2, 0.25) is 0 Å². The number of ether oxygens (including phenoxy) is 2. The van der Waals surface area contributed by atoms with Crippen molar-refractivity contribution >= 4 is 33.5 Å². The molecule has 1 fully saturated rings. The molecule has 4 rings (SSSR count). The van der Waals surface area contributed by atoms with Gasteiger partial charge in [0.05, 0.1) is 23.0 Å². The number of fused-ring (bicyclic) bond motifs is 1. The van der Waals surface area contributed by atoms with Gasteiger partial charge in [0, 0.05) is 5.69 Å². The Balaban J connectivity index is 1.68. The molecule has 0 saturated heterocycles. The van der Waals surface area contributed by atoms with Crippen LogP contribution in [0, 0.1) is 24.6 Å². The first-order valence-electron chi connectivity index (χ1n) is 12.4. The number of aryl methyl sites for hydroxylation is 1. The lowest BCUT2D eigenvalue weighted by Crippen LogP contribution is -2.45. The molecule has 40 heavy (non-hydrogen) atoms. The van der Waals surface area contributed by atoms with Crippen LogP contribution in [0.1, 0.15) is 38.7 Å². The quantitative estimate of drug-likeness (QED) is 0.392. The summed E-state index contributed by atoms with van der Waals surface area (Å²) in [4.78, 5) is 23.8. The molecular formula is C26H28F4N2O7S. The van der Waals surface area contributed by atoms with Crippen molar-refractivity contribution in [2.24, 2.45) is 11.8 Å². The first kappa shape index (κ1) is 29.4. The van der Waals surface area contributed by atoms with E-state index in [1.807, 2.05) is 0 Å². The van der Waals surface area contributed by atoms with Crippen LogP contribution in [0.4, 0.5) is 33.7 Å². The number of aliphatic carboxylic acids is 1. The van der Waals surface area contributed by atoms with E-state index in [9.17, 15) is 40.7 Å². The third kappa shape index (κ3) is 6.11. The van der Waals surface area contributed by atoms with Crippen molar-refractivity contribution < 1.29 is 50.1 Å². The van der Waals surface area contributed by atoms with Gasteiger partial charge < -0.3 is 14.6 Å². The van der Waals surface area contributed by atoms with E-state index in [0.29, 0.717) is 13.8 Å². The number of amides is 1. The largest absolute Gasteiger partial charge is 0.486 e. The van der Waals surface area contributed by atoms with Gasteiger partial charge in [0.2, 0.25) is 5.60 Å². The number of benzene rings is 2. The molecule has 0 aromatic heterocycles. The van der Waals surface area contributed by atoms with Gasteiger partial charge in [0.15, 0.2) is 0 Å². The Morgan fingerprint density at radius 3 is 2.42 bits per heavy atom. The predicted octanol–water partition coefficient (Wildman–Crippen LogP) is 5.48. The third-order valence-corrected chi connectivity index (χ3v) is 8.69. The zero-order chi connectivity index (χ0) is 29.6. The van der Waals surface area contributed by atoms with Crippen molar-refractivity contribution in [3.63, 3.8) is 0 Å². The van der Waals surface area contributed by atoms with Gasteiger partial charge in [-0.15, -0.1) is 0 Å². The van der Waals surface area contributed by atoms with Gasteiger partial charge in [-0.1, -0.05) is 0 Å². The molecule has 0 unspecified atom stereocenters. The Hall–Kier alpha value is -3.55. The topological polar surface area (TPSA) is 122 Å². The normalized spacial score (nSPS) is 18.4. The number of carboxylic acids is 1. The molecule has 0 spiro atoms. The fourth-order valence-electron chi connectivity index (χ4n) is 4.35. The van der Waals surface area contributed by atoms with Crippen LogP contribution in [0.5, 0.6) is 5.75 Å². The van der Waals surface area contributed by atoms with Gasteiger partial charge in [0.1, 0.15) is 17.7 Å². The maximum atomic E-state index is 13.9. The monoisotopic (exact) mass is 588 g/mol. The highest BCUT2D eigenvalue weighted by atomic mass is 32.2. The zero-order valence-corrected chi connectivity index (χ0v) is 22.6. The molecule has 1 heterocycles. The number of rotatable bonds is 8. The number of sulfonamides is 1. The first-order chi connectivity index (χ1) is 18.5. The summed E-state index contributed by atoms with van der Waals surface area (Å²) in [6.45, 7) is 2.46. The van der Waals surface area contributed by atoms with E-state index < -0.39 is 51.7 Å². The molecule has 1 aliphatic heterocycles. The lowest BCUT2D eigenvalue weighted by molar-refractivity contribution is -0.242. The lowest BCUT2D eigenvalue weighted by Gasteiger charge is -2.36. The van der Waals surface area contributed by atoms with E-state index in [2.05, 4.69) is 10.1 Å². The van der Waals surface area contributed by atoms with Crippen LogP contribution < -0.4 is 14.4 Å². The minimum atomic E-state index is -4.84. The smallest absolute Gasteiger partial charge is 0.427 e. The molecule has 1 saturated carbocycles. The second kappa shape index (κ2) is 10.5. The fraction of sp³-hybridized carbons (Fsp3) is 0.462. The van der Waals surface area contributed by atoms with Gasteiger partial charge in [-0.25, -0.2) is 17.6 Å². The van der Waals surface area contributed by atoms with Crippen LogP contribution in [-0.4, -0.2) is 50.0 Å². The molecule has 2 atom stereocenters. The fourth-order valence-corrected chi connectivity index (χ4v) is 5.94. The minimum Gasteiger partial charge on any atom is -0.486 e. The Morgan fingerprint density at radius 2 is 1.85 bits per heavy atom. The van der Waals surface area contributed by atoms with E-state index in [1.165, 1.54) is 25.1 Å². The summed E-state index contributed by atoms with van der Waals surface area (Å²) in [7, 11) is -4.36. The molecular weight excluding hydrogens is 560 g/mol. The average molecular weight is 589 g/mol. The molecule has 0 bridgehead atoms. The van der Waals surface area contributed by atoms with E-state index in [-0.39, 0.29) is 46.5 Å². The number of hydrogen-bond donors (Lipinski definition) is 2. The highest BCUT2D eigenvalue weighted by Gasteiger charge is 2.51. The molecule has 1 aliphatic carbocycles. The van der Waals surface area contributed by atoms with E-state index in [4.69, 9.17) is 4.74 Å². The van der Waals surface area contributed by atoms with E-state index in [0.717, 1.165) is 35.3 Å². The second-order valence-electron chi connectivity index (χ2n) is 10.4. The van der Waals surface area contributed by atoms with Crippen molar-refractivity contribution in [1.82, 2.24) is 0 Å². The Morgan fingerprint density at radius 1 is 1.18 bits per heavy atom. The second-order valence-corrected chi connectivity index (χ2v) is 12.3. The van der Waals surface area contributed by atoms with Crippen LogP contribution in [0.3, 0.4) is 0 Å². The van der Waals surface area contributed by atoms with Crippen molar-refractivity contribution in [3.05, 3.63) is 47.8 Å². The highest BCUT2D eigenvalue weighted by Crippen LogP contribution is 2.44. The van der Waals surface area contributed by atoms with Crippen LogP contribution in [-0.2, 0) is 19.6 Å². The number of carboxylic acid groups (broad SMARTS) is 1. The number of anilines is 2. The molecule has 0 radical (unpaired) electrons. The molecule has 218 valence electrons. The summed E-state index contributed by atoms with van der Waals surface area (Å²) < 4.78 is 92.2. The van der Waals surface area contributed by atoms with Gasteiger partial charge in [0.25, 0.3) is 10.0 Å². The SMILES string of the molecule is Cc1cc(S(=O)(=O)N2C[C@H](C[C@H](C(=O)O)C3CC3)Oc3ccc(NC(=O)OC(C)(C)C(F)(F)F)cc32)ccc1F.